The number of ether oxygens (including phenoxy) is 2. The summed E-state index contributed by atoms with van der Waals surface area (Å²) in [4.78, 5) is 11.2. The van der Waals surface area contributed by atoms with E-state index in [0.717, 1.165) is 0 Å². The van der Waals surface area contributed by atoms with Gasteiger partial charge in [0.2, 0.25) is 12.6 Å². The molecule has 1 aliphatic heterocycles. The van der Waals surface area contributed by atoms with Crippen LogP contribution in [-0.4, -0.2) is 18.8 Å². The third-order valence-corrected chi connectivity index (χ3v) is 2.22. The van der Waals surface area contributed by atoms with E-state index in [-0.39, 0.29) is 12.4 Å². The quantitative estimate of drug-likeness (QED) is 0.483. The van der Waals surface area contributed by atoms with E-state index in [0.29, 0.717) is 23.3 Å². The summed E-state index contributed by atoms with van der Waals surface area (Å²) in [6, 6.07) is 6.85. The van der Waals surface area contributed by atoms with E-state index in [4.69, 9.17) is 20.1 Å². The summed E-state index contributed by atoms with van der Waals surface area (Å²) in [6.07, 6.45) is 2.03. The molecule has 0 saturated heterocycles. The highest BCUT2D eigenvalue weighted by molar-refractivity contribution is 6.36. The molecule has 0 saturated carbocycles. The third kappa shape index (κ3) is 2.16. The molecule has 0 aliphatic carbocycles. The van der Waals surface area contributed by atoms with E-state index in [1.54, 1.807) is 24.3 Å². The lowest BCUT2D eigenvalue weighted by molar-refractivity contribution is -0.109. The average Bonchev–Trinajstić information content (AvgIpc) is 2.82. The summed E-state index contributed by atoms with van der Waals surface area (Å²) in [5, 5.41) is 15.6. The summed E-state index contributed by atoms with van der Waals surface area (Å²) in [6.45, 7) is 0.174. The van der Waals surface area contributed by atoms with Crippen LogP contribution >= 0.6 is 0 Å². The fraction of sp³-hybridized carbons (Fsp3) is 0.0833. The number of nitrogens with one attached hydrogen (secondary N) is 1. The van der Waals surface area contributed by atoms with Crippen LogP contribution in [0.3, 0.4) is 0 Å². The minimum atomic E-state index is -0.620. The fourth-order valence-electron chi connectivity index (χ4n) is 1.41. The maximum atomic E-state index is 11.2. The average molecular weight is 228 g/mol. The molecule has 0 radical (unpaired) electrons. The van der Waals surface area contributed by atoms with Gasteiger partial charge >= 0.3 is 0 Å². The Labute approximate surface area is 97.4 Å². The van der Waals surface area contributed by atoms with Gasteiger partial charge in [0.1, 0.15) is 11.6 Å². The number of hydrogen-bond acceptors (Lipinski definition) is 5. The zero-order valence-electron chi connectivity index (χ0n) is 8.77. The molecule has 84 valence electrons. The monoisotopic (exact) mass is 228 g/mol. The third-order valence-electron chi connectivity index (χ3n) is 2.22. The van der Waals surface area contributed by atoms with Gasteiger partial charge < -0.3 is 14.9 Å². The number of rotatable bonds is 3. The van der Waals surface area contributed by atoms with E-state index < -0.39 is 5.78 Å². The predicted molar refractivity (Wildman–Crippen MR) is 59.9 cm³/mol. The Morgan fingerprint density at radius 1 is 1.41 bits per heavy atom. The number of carbonyl (C=O) groups excluding carboxylic acids is 1. The Bertz CT molecular complexity index is 555. The van der Waals surface area contributed by atoms with Crippen LogP contribution < -0.4 is 9.47 Å². The van der Waals surface area contributed by atoms with Gasteiger partial charge in [0.05, 0.1) is 6.21 Å². The minimum Gasteiger partial charge on any atom is -0.454 e. The molecule has 1 N–H and O–H groups in total. The van der Waals surface area contributed by atoms with E-state index in [9.17, 15) is 4.79 Å². The molecule has 17 heavy (non-hydrogen) atoms. The lowest BCUT2D eigenvalue weighted by Gasteiger charge is -1.98. The molecule has 1 heterocycles. The number of benzene rings is 1. The highest BCUT2D eigenvalue weighted by Crippen LogP contribution is 2.33. The molecule has 0 fully saturated rings. The SMILES string of the molecule is N#CC(=Cc1ccc2c(c1)OCO2)C(=O)C=N. The van der Waals surface area contributed by atoms with E-state index in [2.05, 4.69) is 0 Å². The van der Waals surface area contributed by atoms with Gasteiger partial charge in [-0.05, 0) is 23.8 Å². The van der Waals surface area contributed by atoms with E-state index in [1.165, 1.54) is 6.08 Å². The first-order valence-electron chi connectivity index (χ1n) is 4.81. The Balaban J connectivity index is 2.35. The highest BCUT2D eigenvalue weighted by Gasteiger charge is 2.13. The van der Waals surface area contributed by atoms with Gasteiger partial charge in [-0.1, -0.05) is 6.07 Å². The Morgan fingerprint density at radius 2 is 2.18 bits per heavy atom. The van der Waals surface area contributed by atoms with Crippen LogP contribution in [0, 0.1) is 16.7 Å². The number of Topliss-reactive ketones (excluding diaryl/α,β-unsaturated/α-hetero) is 1. The summed E-state index contributed by atoms with van der Waals surface area (Å²) in [7, 11) is 0. The second-order valence-corrected chi connectivity index (χ2v) is 3.29. The summed E-state index contributed by atoms with van der Waals surface area (Å²) < 4.78 is 10.3. The number of fused-ring (bicyclic) bond motifs is 1. The van der Waals surface area contributed by atoms with Crippen molar-refractivity contribution in [1.29, 1.82) is 10.7 Å². The lowest BCUT2D eigenvalue weighted by atomic mass is 10.1. The number of nitriles is 1. The molecule has 0 atom stereocenters. The standard InChI is InChI=1S/C12H8N2O3/c13-5-9(10(15)6-14)3-8-1-2-11-12(4-8)17-7-16-11/h1-4,6,14H,7H2. The molecule has 0 unspecified atom stereocenters. The predicted octanol–water partition coefficient (Wildman–Crippen LogP) is 1.54. The van der Waals surface area contributed by atoms with Crippen LogP contribution in [-0.2, 0) is 4.79 Å². The zero-order valence-corrected chi connectivity index (χ0v) is 8.77. The van der Waals surface area contributed by atoms with Crippen molar-refractivity contribution >= 4 is 18.1 Å². The van der Waals surface area contributed by atoms with Crippen LogP contribution in [0.2, 0.25) is 0 Å². The van der Waals surface area contributed by atoms with Crippen LogP contribution in [0.1, 0.15) is 5.56 Å². The van der Waals surface area contributed by atoms with Gasteiger partial charge in [-0.2, -0.15) is 5.26 Å². The van der Waals surface area contributed by atoms with Gasteiger partial charge in [0, 0.05) is 0 Å². The molecule has 0 amide bonds. The number of ketones is 1. The van der Waals surface area contributed by atoms with Gasteiger partial charge in [0.15, 0.2) is 11.5 Å². The molecule has 0 bridgehead atoms. The molecule has 1 aromatic rings. The Morgan fingerprint density at radius 3 is 2.88 bits per heavy atom. The van der Waals surface area contributed by atoms with Crippen LogP contribution in [0.15, 0.2) is 23.8 Å². The largest absolute Gasteiger partial charge is 0.454 e. The van der Waals surface area contributed by atoms with Crippen LogP contribution in [0.5, 0.6) is 11.5 Å². The van der Waals surface area contributed by atoms with Gasteiger partial charge in [-0.25, -0.2) is 0 Å². The molecule has 2 rings (SSSR count). The van der Waals surface area contributed by atoms with Crippen molar-refractivity contribution in [2.75, 3.05) is 6.79 Å². The van der Waals surface area contributed by atoms with Crippen molar-refractivity contribution < 1.29 is 14.3 Å². The van der Waals surface area contributed by atoms with Crippen molar-refractivity contribution in [2.45, 2.75) is 0 Å². The number of allylic oxidation sites excluding steroid dienone is 1. The van der Waals surface area contributed by atoms with Crippen LogP contribution in [0.25, 0.3) is 6.08 Å². The molecule has 1 aliphatic rings. The topological polar surface area (TPSA) is 83.2 Å². The molecule has 0 aromatic heterocycles. The number of carbonyl (C=O) groups is 1. The first-order chi connectivity index (χ1) is 8.24. The normalized spacial score (nSPS) is 13.0. The molecular formula is C12H8N2O3. The van der Waals surface area contributed by atoms with Gasteiger partial charge in [-0.15, -0.1) is 0 Å². The second kappa shape index (κ2) is 4.49. The molecule has 1 aromatic carbocycles. The van der Waals surface area contributed by atoms with Crippen molar-refractivity contribution in [2.24, 2.45) is 0 Å². The van der Waals surface area contributed by atoms with Crippen LogP contribution in [0.4, 0.5) is 0 Å². The van der Waals surface area contributed by atoms with Gasteiger partial charge in [0.25, 0.3) is 0 Å². The number of hydrogen-bond donors (Lipinski definition) is 1. The smallest absolute Gasteiger partial charge is 0.231 e. The maximum absolute atomic E-state index is 11.2. The van der Waals surface area contributed by atoms with Crippen molar-refractivity contribution in [3.63, 3.8) is 0 Å². The second-order valence-electron chi connectivity index (χ2n) is 3.29. The summed E-state index contributed by atoms with van der Waals surface area (Å²) >= 11 is 0. The van der Waals surface area contributed by atoms with E-state index >= 15 is 0 Å². The molecular weight excluding hydrogens is 220 g/mol. The first kappa shape index (κ1) is 10.9. The lowest BCUT2D eigenvalue weighted by Crippen LogP contribution is -2.00. The number of nitrogens with zero attached hydrogens (tertiary/aromatic N) is 1. The minimum absolute atomic E-state index is 0.0844. The Hall–Kier alpha value is -2.61. The maximum Gasteiger partial charge on any atom is 0.231 e. The van der Waals surface area contributed by atoms with Gasteiger partial charge in [-0.3, -0.25) is 4.79 Å². The van der Waals surface area contributed by atoms with Crippen molar-refractivity contribution in [1.82, 2.24) is 0 Å². The van der Waals surface area contributed by atoms with Crippen molar-refractivity contribution in [3.05, 3.63) is 29.3 Å². The molecule has 0 spiro atoms. The zero-order chi connectivity index (χ0) is 12.3. The molecule has 5 heteroatoms. The summed E-state index contributed by atoms with van der Waals surface area (Å²) in [5.41, 5.74) is 0.569. The van der Waals surface area contributed by atoms with Crippen molar-refractivity contribution in [3.8, 4) is 17.6 Å². The van der Waals surface area contributed by atoms with E-state index in [1.807, 2.05) is 0 Å². The Kier molecular flexibility index (Phi) is 2.88. The first-order valence-corrected chi connectivity index (χ1v) is 4.81. The fourth-order valence-corrected chi connectivity index (χ4v) is 1.41. The molecule has 5 nitrogen and oxygen atoms in total. The summed E-state index contributed by atoms with van der Waals surface area (Å²) in [5.74, 6) is 0.600. The highest BCUT2D eigenvalue weighted by atomic mass is 16.7.